The van der Waals surface area contributed by atoms with Gasteiger partial charge in [-0.3, -0.25) is 14.9 Å². The third kappa shape index (κ3) is 6.33. The first-order valence-corrected chi connectivity index (χ1v) is 4.34. The highest BCUT2D eigenvalue weighted by atomic mass is 19.1. The van der Waals surface area contributed by atoms with Gasteiger partial charge < -0.3 is 4.74 Å². The van der Waals surface area contributed by atoms with Gasteiger partial charge in [0.25, 0.3) is 0 Å². The van der Waals surface area contributed by atoms with Gasteiger partial charge in [-0.25, -0.2) is 4.39 Å². The van der Waals surface area contributed by atoms with Crippen LogP contribution in [0.15, 0.2) is 0 Å². The lowest BCUT2D eigenvalue weighted by molar-refractivity contribution is -0.496. The van der Waals surface area contributed by atoms with Crippen LogP contribution in [0, 0.1) is 10.1 Å². The van der Waals surface area contributed by atoms with Gasteiger partial charge in [0.15, 0.2) is 0 Å². The molecule has 0 aliphatic heterocycles. The van der Waals surface area contributed by atoms with Crippen molar-refractivity contribution in [2.75, 3.05) is 13.2 Å². The van der Waals surface area contributed by atoms with Gasteiger partial charge >= 0.3 is 5.97 Å². The van der Waals surface area contributed by atoms with Crippen LogP contribution < -0.4 is 0 Å². The summed E-state index contributed by atoms with van der Waals surface area (Å²) in [5, 5.41) is 10.0. The molecule has 1 unspecified atom stereocenters. The molecule has 0 rings (SSSR count). The molecule has 0 aromatic carbocycles. The fourth-order valence-electron chi connectivity index (χ4n) is 0.822. The fraction of sp³-hybridized carbons (Fsp3) is 0.875. The number of carbonyl (C=O) groups is 1. The maximum absolute atomic E-state index is 13.2. The molecule has 0 aromatic rings. The SMILES string of the molecule is CCCC(=O)OCC(C)(F)C[N+](=O)[O-]. The van der Waals surface area contributed by atoms with Crippen LogP contribution in [-0.4, -0.2) is 29.7 Å². The molecule has 0 fully saturated rings. The molecule has 0 N–H and O–H groups in total. The molecule has 6 heteroatoms. The lowest BCUT2D eigenvalue weighted by atomic mass is 10.1. The first kappa shape index (κ1) is 12.8. The van der Waals surface area contributed by atoms with E-state index in [9.17, 15) is 19.3 Å². The first-order valence-electron chi connectivity index (χ1n) is 4.34. The summed E-state index contributed by atoms with van der Waals surface area (Å²) < 4.78 is 17.8. The van der Waals surface area contributed by atoms with Crippen molar-refractivity contribution in [1.82, 2.24) is 0 Å². The van der Waals surface area contributed by atoms with E-state index in [1.165, 1.54) is 0 Å². The average Bonchev–Trinajstić information content (AvgIpc) is 1.99. The highest BCUT2D eigenvalue weighted by Gasteiger charge is 2.31. The molecular formula is C8H14FNO4. The number of carbonyl (C=O) groups excluding carboxylic acids is 1. The van der Waals surface area contributed by atoms with Crippen molar-refractivity contribution in [3.05, 3.63) is 10.1 Å². The second-order valence-corrected chi connectivity index (χ2v) is 3.31. The molecule has 0 aliphatic carbocycles. The van der Waals surface area contributed by atoms with E-state index in [1.54, 1.807) is 6.92 Å². The molecule has 0 radical (unpaired) electrons. The number of hydrogen-bond acceptors (Lipinski definition) is 4. The topological polar surface area (TPSA) is 69.4 Å². The summed E-state index contributed by atoms with van der Waals surface area (Å²) in [6.07, 6.45) is 0.811. The Balaban J connectivity index is 3.86. The van der Waals surface area contributed by atoms with Crippen molar-refractivity contribution in [2.45, 2.75) is 32.4 Å². The van der Waals surface area contributed by atoms with E-state index in [0.717, 1.165) is 6.92 Å². The number of esters is 1. The zero-order chi connectivity index (χ0) is 11.2. The van der Waals surface area contributed by atoms with Crippen molar-refractivity contribution in [1.29, 1.82) is 0 Å². The van der Waals surface area contributed by atoms with Crippen LogP contribution in [0.1, 0.15) is 26.7 Å². The minimum absolute atomic E-state index is 0.203. The number of nitrogens with zero attached hydrogens (tertiary/aromatic N) is 1. The molecule has 0 amide bonds. The Morgan fingerprint density at radius 1 is 1.64 bits per heavy atom. The average molecular weight is 207 g/mol. The van der Waals surface area contributed by atoms with Crippen LogP contribution in [0.3, 0.4) is 0 Å². The summed E-state index contributed by atoms with van der Waals surface area (Å²) in [7, 11) is 0. The maximum Gasteiger partial charge on any atom is 0.305 e. The van der Waals surface area contributed by atoms with Gasteiger partial charge in [0.2, 0.25) is 12.2 Å². The predicted octanol–water partition coefficient (Wildman–Crippen LogP) is 1.33. The summed E-state index contributed by atoms with van der Waals surface area (Å²) in [5.41, 5.74) is -2.09. The van der Waals surface area contributed by atoms with Crippen molar-refractivity contribution >= 4 is 5.97 Å². The molecule has 0 heterocycles. The molecule has 82 valence electrons. The minimum Gasteiger partial charge on any atom is -0.462 e. The summed E-state index contributed by atoms with van der Waals surface area (Å²) in [5.74, 6) is -0.528. The molecule has 0 saturated heterocycles. The van der Waals surface area contributed by atoms with Crippen LogP contribution in [-0.2, 0) is 9.53 Å². The predicted molar refractivity (Wildman–Crippen MR) is 47.2 cm³/mol. The highest BCUT2D eigenvalue weighted by molar-refractivity contribution is 5.69. The molecule has 0 aliphatic rings. The zero-order valence-electron chi connectivity index (χ0n) is 8.29. The van der Waals surface area contributed by atoms with E-state index in [4.69, 9.17) is 0 Å². The smallest absolute Gasteiger partial charge is 0.305 e. The Hall–Kier alpha value is -1.20. The van der Waals surface area contributed by atoms with Gasteiger partial charge in [-0.1, -0.05) is 6.92 Å². The second kappa shape index (κ2) is 5.51. The number of ether oxygens (including phenoxy) is 1. The molecule has 5 nitrogen and oxygen atoms in total. The third-order valence-electron chi connectivity index (χ3n) is 1.45. The van der Waals surface area contributed by atoms with Gasteiger partial charge in [0.05, 0.1) is 0 Å². The Bertz CT molecular complexity index is 217. The summed E-state index contributed by atoms with van der Waals surface area (Å²) in [6.45, 7) is 1.40. The van der Waals surface area contributed by atoms with E-state index < -0.39 is 29.7 Å². The van der Waals surface area contributed by atoms with Crippen LogP contribution >= 0.6 is 0 Å². The third-order valence-corrected chi connectivity index (χ3v) is 1.45. The first-order chi connectivity index (χ1) is 6.37. The second-order valence-electron chi connectivity index (χ2n) is 3.31. The maximum atomic E-state index is 13.2. The van der Waals surface area contributed by atoms with Gasteiger partial charge in [-0.05, 0) is 13.3 Å². The van der Waals surface area contributed by atoms with Crippen molar-refractivity contribution < 1.29 is 18.8 Å². The quantitative estimate of drug-likeness (QED) is 0.374. The number of halogens is 1. The number of rotatable bonds is 6. The van der Waals surface area contributed by atoms with Crippen LogP contribution in [0.4, 0.5) is 4.39 Å². The van der Waals surface area contributed by atoms with E-state index >= 15 is 0 Å². The van der Waals surface area contributed by atoms with Gasteiger partial charge in [0.1, 0.15) is 6.61 Å². The monoisotopic (exact) mass is 207 g/mol. The molecule has 0 spiro atoms. The molecule has 0 bridgehead atoms. The molecule has 0 saturated carbocycles. The summed E-state index contributed by atoms with van der Waals surface area (Å²) >= 11 is 0. The Morgan fingerprint density at radius 3 is 2.64 bits per heavy atom. The van der Waals surface area contributed by atoms with E-state index in [-0.39, 0.29) is 6.42 Å². The number of alkyl halides is 1. The van der Waals surface area contributed by atoms with Crippen LogP contribution in [0.2, 0.25) is 0 Å². The van der Waals surface area contributed by atoms with Gasteiger partial charge in [-0.15, -0.1) is 0 Å². The van der Waals surface area contributed by atoms with E-state index in [1.807, 2.05) is 0 Å². The lowest BCUT2D eigenvalue weighted by Crippen LogP contribution is -2.34. The van der Waals surface area contributed by atoms with Crippen molar-refractivity contribution in [3.8, 4) is 0 Å². The minimum atomic E-state index is -2.09. The lowest BCUT2D eigenvalue weighted by Gasteiger charge is -2.15. The number of hydrogen-bond donors (Lipinski definition) is 0. The standard InChI is InChI=1S/C8H14FNO4/c1-3-4-7(11)14-6-8(2,9)5-10(12)13/h3-6H2,1-2H3. The highest BCUT2D eigenvalue weighted by Crippen LogP contribution is 2.11. The Morgan fingerprint density at radius 2 is 2.21 bits per heavy atom. The largest absolute Gasteiger partial charge is 0.462 e. The Kier molecular flexibility index (Phi) is 5.04. The van der Waals surface area contributed by atoms with Crippen molar-refractivity contribution in [3.63, 3.8) is 0 Å². The Labute approximate surface area is 81.4 Å². The fourth-order valence-corrected chi connectivity index (χ4v) is 0.822. The van der Waals surface area contributed by atoms with E-state index in [2.05, 4.69) is 4.74 Å². The molecule has 0 aromatic heterocycles. The normalized spacial score (nSPS) is 14.5. The van der Waals surface area contributed by atoms with Crippen LogP contribution in [0.25, 0.3) is 0 Å². The van der Waals surface area contributed by atoms with Crippen LogP contribution in [0.5, 0.6) is 0 Å². The summed E-state index contributed by atoms with van der Waals surface area (Å²) in [4.78, 5) is 20.1. The molecular weight excluding hydrogens is 193 g/mol. The number of nitro groups is 1. The van der Waals surface area contributed by atoms with Crippen molar-refractivity contribution in [2.24, 2.45) is 0 Å². The molecule has 1 atom stereocenters. The molecule has 14 heavy (non-hydrogen) atoms. The zero-order valence-corrected chi connectivity index (χ0v) is 8.29. The summed E-state index contributed by atoms with van der Waals surface area (Å²) in [6, 6.07) is 0. The van der Waals surface area contributed by atoms with Gasteiger partial charge in [-0.2, -0.15) is 0 Å². The van der Waals surface area contributed by atoms with E-state index in [0.29, 0.717) is 6.42 Å². The van der Waals surface area contributed by atoms with Gasteiger partial charge in [0, 0.05) is 11.3 Å².